The largest absolute Gasteiger partial charge is 0.388 e. The minimum absolute atomic E-state index is 0.0844. The quantitative estimate of drug-likeness (QED) is 0.705. The van der Waals surface area contributed by atoms with Gasteiger partial charge in [0.1, 0.15) is 0 Å². The maximum atomic E-state index is 11.3. The van der Waals surface area contributed by atoms with Gasteiger partial charge >= 0.3 is 11.4 Å². The zero-order chi connectivity index (χ0) is 12.5. The van der Waals surface area contributed by atoms with Crippen molar-refractivity contribution in [2.75, 3.05) is 0 Å². The first kappa shape index (κ1) is 12.2. The molecule has 0 aromatic carbocycles. The number of H-pyrrole nitrogens is 2. The molecule has 0 bridgehead atoms. The molecule has 6 nitrogen and oxygen atoms in total. The Morgan fingerprint density at radius 2 is 1.82 bits per heavy atom. The Balaban J connectivity index is 2.09. The molecule has 1 aromatic heterocycles. The summed E-state index contributed by atoms with van der Waals surface area (Å²) in [4.78, 5) is 22.7. The molecule has 96 valence electrons. The number of hydrogen-bond acceptors (Lipinski definition) is 3. The summed E-state index contributed by atoms with van der Waals surface area (Å²) in [7, 11) is 0. The normalized spacial score (nSPS) is 29.4. The van der Waals surface area contributed by atoms with Gasteiger partial charge in [0.2, 0.25) is 0 Å². The second kappa shape index (κ2) is 4.52. The fraction of sp³-hybridized carbons (Fsp3) is 0.818. The van der Waals surface area contributed by atoms with E-state index in [1.165, 1.54) is 0 Å². The zero-order valence-corrected chi connectivity index (χ0v) is 10.0. The first-order valence-corrected chi connectivity index (χ1v) is 6.14. The van der Waals surface area contributed by atoms with Crippen LogP contribution in [0, 0.1) is 5.92 Å². The van der Waals surface area contributed by atoms with E-state index < -0.39 is 17.0 Å². The molecule has 1 heterocycles. The standard InChI is InChI=1S/C11H19N3O3/c1-2-8-3-5-11(17,6-4-8)7-14-9(15)12-13-10(14)16/h8,17H,2-7H2,1H3,(H,12,15)(H,13,16). The number of nitrogens with zero attached hydrogens (tertiary/aromatic N) is 1. The summed E-state index contributed by atoms with van der Waals surface area (Å²) in [6, 6.07) is 0. The number of hydrogen-bond donors (Lipinski definition) is 3. The zero-order valence-electron chi connectivity index (χ0n) is 10.0. The molecule has 0 spiro atoms. The fourth-order valence-electron chi connectivity index (χ4n) is 2.55. The van der Waals surface area contributed by atoms with Crippen LogP contribution in [0.1, 0.15) is 39.0 Å². The topological polar surface area (TPSA) is 90.9 Å². The van der Waals surface area contributed by atoms with Gasteiger partial charge in [0, 0.05) is 0 Å². The van der Waals surface area contributed by atoms with Crippen molar-refractivity contribution in [2.24, 2.45) is 5.92 Å². The summed E-state index contributed by atoms with van der Waals surface area (Å²) in [6.45, 7) is 2.23. The lowest BCUT2D eigenvalue weighted by molar-refractivity contribution is -0.0254. The van der Waals surface area contributed by atoms with Crippen LogP contribution in [0.15, 0.2) is 9.59 Å². The molecule has 3 N–H and O–H groups in total. The minimum Gasteiger partial charge on any atom is -0.388 e. The molecule has 2 rings (SSSR count). The van der Waals surface area contributed by atoms with E-state index in [-0.39, 0.29) is 6.54 Å². The molecular formula is C11H19N3O3. The summed E-state index contributed by atoms with van der Waals surface area (Å²) in [5.41, 5.74) is -1.88. The van der Waals surface area contributed by atoms with Crippen LogP contribution in [0.5, 0.6) is 0 Å². The molecule has 0 unspecified atom stereocenters. The molecule has 0 radical (unpaired) electrons. The molecule has 0 saturated heterocycles. The van der Waals surface area contributed by atoms with Gasteiger partial charge < -0.3 is 5.11 Å². The summed E-state index contributed by atoms with van der Waals surface area (Å²) in [5, 5.41) is 14.8. The van der Waals surface area contributed by atoms with Crippen molar-refractivity contribution in [2.45, 2.75) is 51.2 Å². The fourth-order valence-corrected chi connectivity index (χ4v) is 2.55. The van der Waals surface area contributed by atoms with Crippen LogP contribution in [-0.2, 0) is 6.54 Å². The Hall–Kier alpha value is -1.30. The Morgan fingerprint density at radius 3 is 2.29 bits per heavy atom. The Labute approximate surface area is 98.7 Å². The van der Waals surface area contributed by atoms with Crippen molar-refractivity contribution < 1.29 is 5.11 Å². The predicted octanol–water partition coefficient (Wildman–Crippen LogP) is 0.196. The van der Waals surface area contributed by atoms with Crippen LogP contribution >= 0.6 is 0 Å². The van der Waals surface area contributed by atoms with Gasteiger partial charge in [0.05, 0.1) is 12.1 Å². The van der Waals surface area contributed by atoms with Crippen molar-refractivity contribution in [3.8, 4) is 0 Å². The lowest BCUT2D eigenvalue weighted by Crippen LogP contribution is -2.43. The van der Waals surface area contributed by atoms with Crippen LogP contribution < -0.4 is 11.4 Å². The van der Waals surface area contributed by atoms with Gasteiger partial charge in [-0.25, -0.2) is 24.4 Å². The molecule has 1 aliphatic carbocycles. The van der Waals surface area contributed by atoms with Gasteiger partial charge in [0.25, 0.3) is 0 Å². The number of aliphatic hydroxyl groups is 1. The van der Waals surface area contributed by atoms with Crippen molar-refractivity contribution in [3.05, 3.63) is 21.0 Å². The minimum atomic E-state index is -0.912. The van der Waals surface area contributed by atoms with Crippen LogP contribution in [0.2, 0.25) is 0 Å². The number of nitrogens with one attached hydrogen (secondary N) is 2. The molecule has 17 heavy (non-hydrogen) atoms. The maximum absolute atomic E-state index is 11.3. The Morgan fingerprint density at radius 1 is 1.29 bits per heavy atom. The third-order valence-corrected chi connectivity index (χ3v) is 3.83. The van der Waals surface area contributed by atoms with E-state index in [1.807, 2.05) is 0 Å². The van der Waals surface area contributed by atoms with Crippen LogP contribution in [0.3, 0.4) is 0 Å². The van der Waals surface area contributed by atoms with Gasteiger partial charge in [-0.2, -0.15) is 0 Å². The summed E-state index contributed by atoms with van der Waals surface area (Å²) in [5.74, 6) is 0.663. The van der Waals surface area contributed by atoms with Crippen LogP contribution in [0.4, 0.5) is 0 Å². The van der Waals surface area contributed by atoms with Crippen molar-refractivity contribution in [3.63, 3.8) is 0 Å². The van der Waals surface area contributed by atoms with Crippen molar-refractivity contribution in [1.82, 2.24) is 14.8 Å². The molecule has 0 amide bonds. The average Bonchev–Trinajstić information content (AvgIpc) is 2.62. The highest BCUT2D eigenvalue weighted by Gasteiger charge is 2.33. The molecule has 1 saturated carbocycles. The molecule has 6 heteroatoms. The van der Waals surface area contributed by atoms with Crippen molar-refractivity contribution >= 4 is 0 Å². The lowest BCUT2D eigenvalue weighted by atomic mass is 9.78. The Bertz CT molecular complexity index is 449. The van der Waals surface area contributed by atoms with Gasteiger partial charge in [-0.15, -0.1) is 0 Å². The third kappa shape index (κ3) is 2.52. The van der Waals surface area contributed by atoms with E-state index in [4.69, 9.17) is 0 Å². The van der Waals surface area contributed by atoms with E-state index in [2.05, 4.69) is 17.1 Å². The molecular weight excluding hydrogens is 222 g/mol. The highest BCUT2D eigenvalue weighted by atomic mass is 16.3. The molecule has 0 aliphatic heterocycles. The highest BCUT2D eigenvalue weighted by Crippen LogP contribution is 2.34. The van der Waals surface area contributed by atoms with E-state index >= 15 is 0 Å². The van der Waals surface area contributed by atoms with Gasteiger partial charge in [-0.05, 0) is 31.6 Å². The Kier molecular flexibility index (Phi) is 3.24. The summed E-state index contributed by atoms with van der Waals surface area (Å²) < 4.78 is 1.03. The molecule has 1 fully saturated rings. The van der Waals surface area contributed by atoms with E-state index in [0.717, 1.165) is 23.8 Å². The smallest absolute Gasteiger partial charge is 0.344 e. The predicted molar refractivity (Wildman–Crippen MR) is 62.9 cm³/mol. The number of aromatic nitrogens is 3. The van der Waals surface area contributed by atoms with Gasteiger partial charge in [-0.1, -0.05) is 13.3 Å². The van der Waals surface area contributed by atoms with Crippen LogP contribution in [-0.4, -0.2) is 25.5 Å². The summed E-state index contributed by atoms with van der Waals surface area (Å²) in [6.07, 6.45) is 4.36. The lowest BCUT2D eigenvalue weighted by Gasteiger charge is -2.35. The SMILES string of the molecule is CCC1CCC(O)(Cn2c(=O)[nH][nH]c2=O)CC1. The maximum Gasteiger partial charge on any atom is 0.344 e. The first-order valence-electron chi connectivity index (χ1n) is 6.14. The first-order chi connectivity index (χ1) is 8.04. The molecule has 1 aromatic rings. The number of aromatic amines is 2. The molecule has 0 atom stereocenters. The third-order valence-electron chi connectivity index (χ3n) is 3.83. The highest BCUT2D eigenvalue weighted by molar-refractivity contribution is 4.86. The second-order valence-electron chi connectivity index (χ2n) is 5.02. The van der Waals surface area contributed by atoms with Crippen LogP contribution in [0.25, 0.3) is 0 Å². The molecule has 1 aliphatic rings. The second-order valence-corrected chi connectivity index (χ2v) is 5.02. The van der Waals surface area contributed by atoms with E-state index in [1.54, 1.807) is 0 Å². The van der Waals surface area contributed by atoms with Gasteiger partial charge in [-0.3, -0.25) is 0 Å². The van der Waals surface area contributed by atoms with E-state index in [0.29, 0.717) is 18.8 Å². The number of rotatable bonds is 3. The average molecular weight is 241 g/mol. The monoisotopic (exact) mass is 241 g/mol. The van der Waals surface area contributed by atoms with Gasteiger partial charge in [0.15, 0.2) is 0 Å². The summed E-state index contributed by atoms with van der Waals surface area (Å²) >= 11 is 0. The van der Waals surface area contributed by atoms with Crippen molar-refractivity contribution in [1.29, 1.82) is 0 Å². The van der Waals surface area contributed by atoms with E-state index in [9.17, 15) is 14.7 Å².